The molecule has 2 rings (SSSR count). The fourth-order valence-electron chi connectivity index (χ4n) is 2.27. The first-order valence-corrected chi connectivity index (χ1v) is 9.47. The zero-order valence-electron chi connectivity index (χ0n) is 14.2. The molecule has 0 amide bonds. The molecule has 1 heterocycles. The standard InChI is InChI=1S/C19H18Br2N2O3/c1-12(6-5-8-18(24)26-2)23-17-11-15(21)14(20)10-13(17)19(25)16-7-3-4-9-22-16/h3-4,7,9-11,23H,1,5-6,8H2,2H3. The average Bonchev–Trinajstić information content (AvgIpc) is 2.64. The van der Waals surface area contributed by atoms with E-state index < -0.39 is 0 Å². The van der Waals surface area contributed by atoms with Crippen molar-refractivity contribution < 1.29 is 14.3 Å². The molecule has 0 saturated carbocycles. The summed E-state index contributed by atoms with van der Waals surface area (Å²) in [4.78, 5) is 28.2. The lowest BCUT2D eigenvalue weighted by Crippen LogP contribution is -2.09. The van der Waals surface area contributed by atoms with Gasteiger partial charge in [0.25, 0.3) is 0 Å². The maximum absolute atomic E-state index is 12.8. The molecule has 1 aromatic carbocycles. The molecule has 0 spiro atoms. The maximum Gasteiger partial charge on any atom is 0.305 e. The zero-order chi connectivity index (χ0) is 19.1. The average molecular weight is 482 g/mol. The van der Waals surface area contributed by atoms with Gasteiger partial charge in [0, 0.05) is 32.8 Å². The van der Waals surface area contributed by atoms with Gasteiger partial charge in [-0.1, -0.05) is 12.6 Å². The van der Waals surface area contributed by atoms with Crippen LogP contribution in [0.5, 0.6) is 0 Å². The second-order valence-electron chi connectivity index (χ2n) is 5.51. The molecule has 0 fully saturated rings. The molecule has 0 aliphatic carbocycles. The fraction of sp³-hybridized carbons (Fsp3) is 0.211. The van der Waals surface area contributed by atoms with Crippen LogP contribution in [0.3, 0.4) is 0 Å². The van der Waals surface area contributed by atoms with Crippen molar-refractivity contribution in [2.45, 2.75) is 19.3 Å². The van der Waals surface area contributed by atoms with Crippen LogP contribution < -0.4 is 5.32 Å². The van der Waals surface area contributed by atoms with Crippen LogP contribution in [-0.2, 0) is 9.53 Å². The van der Waals surface area contributed by atoms with Crippen molar-refractivity contribution in [3.05, 3.63) is 69.0 Å². The van der Waals surface area contributed by atoms with Crippen LogP contribution in [0.25, 0.3) is 0 Å². The number of nitrogens with zero attached hydrogens (tertiary/aromatic N) is 1. The van der Waals surface area contributed by atoms with Crippen LogP contribution in [0.1, 0.15) is 35.3 Å². The molecule has 0 bridgehead atoms. The van der Waals surface area contributed by atoms with Crippen LogP contribution in [0.2, 0.25) is 0 Å². The van der Waals surface area contributed by atoms with E-state index in [0.29, 0.717) is 41.9 Å². The smallest absolute Gasteiger partial charge is 0.305 e. The van der Waals surface area contributed by atoms with Gasteiger partial charge in [-0.3, -0.25) is 14.6 Å². The molecule has 0 saturated heterocycles. The molecule has 0 unspecified atom stereocenters. The summed E-state index contributed by atoms with van der Waals surface area (Å²) in [6.07, 6.45) is 3.10. The molecule has 0 atom stereocenters. The first-order valence-electron chi connectivity index (χ1n) is 7.88. The van der Waals surface area contributed by atoms with Crippen molar-refractivity contribution >= 4 is 49.3 Å². The van der Waals surface area contributed by atoms with Gasteiger partial charge in [0.1, 0.15) is 5.69 Å². The van der Waals surface area contributed by atoms with E-state index in [0.717, 1.165) is 8.95 Å². The first kappa shape index (κ1) is 20.3. The quantitative estimate of drug-likeness (QED) is 0.419. The van der Waals surface area contributed by atoms with E-state index in [1.165, 1.54) is 7.11 Å². The zero-order valence-corrected chi connectivity index (χ0v) is 17.4. The van der Waals surface area contributed by atoms with Crippen molar-refractivity contribution in [1.29, 1.82) is 0 Å². The molecule has 0 aliphatic heterocycles. The number of halogens is 2. The summed E-state index contributed by atoms with van der Waals surface area (Å²) in [6, 6.07) is 8.76. The molecule has 2 aromatic rings. The number of pyridine rings is 1. The minimum absolute atomic E-state index is 0.191. The van der Waals surface area contributed by atoms with Crippen LogP contribution in [0.15, 0.2) is 57.8 Å². The number of carbonyl (C=O) groups excluding carboxylic acids is 2. The third-order valence-electron chi connectivity index (χ3n) is 3.60. The van der Waals surface area contributed by atoms with Crippen molar-refractivity contribution in [3.8, 4) is 0 Å². The van der Waals surface area contributed by atoms with E-state index >= 15 is 0 Å². The predicted molar refractivity (Wildman–Crippen MR) is 108 cm³/mol. The Morgan fingerprint density at radius 3 is 2.58 bits per heavy atom. The van der Waals surface area contributed by atoms with Crippen LogP contribution in [0.4, 0.5) is 5.69 Å². The van der Waals surface area contributed by atoms with Crippen molar-refractivity contribution in [1.82, 2.24) is 4.98 Å². The van der Waals surface area contributed by atoms with Crippen LogP contribution in [0, 0.1) is 0 Å². The number of ether oxygens (including phenoxy) is 1. The second kappa shape index (κ2) is 9.64. The lowest BCUT2D eigenvalue weighted by atomic mass is 10.0. The number of esters is 1. The second-order valence-corrected chi connectivity index (χ2v) is 7.22. The molecule has 0 aliphatic rings. The number of methoxy groups -OCH3 is 1. The Labute approximate surface area is 169 Å². The van der Waals surface area contributed by atoms with Crippen LogP contribution >= 0.6 is 31.9 Å². The lowest BCUT2D eigenvalue weighted by molar-refractivity contribution is -0.140. The number of benzene rings is 1. The Balaban J connectivity index is 2.19. The Kier molecular flexibility index (Phi) is 7.53. The van der Waals surface area contributed by atoms with E-state index in [-0.39, 0.29) is 11.8 Å². The van der Waals surface area contributed by atoms with Crippen molar-refractivity contribution in [3.63, 3.8) is 0 Å². The third-order valence-corrected chi connectivity index (χ3v) is 5.45. The highest BCUT2D eigenvalue weighted by atomic mass is 79.9. The normalized spacial score (nSPS) is 10.3. The summed E-state index contributed by atoms with van der Waals surface area (Å²) in [7, 11) is 1.37. The van der Waals surface area contributed by atoms with Gasteiger partial charge in [0.15, 0.2) is 0 Å². The molecule has 7 heteroatoms. The molecule has 1 N–H and O–H groups in total. The minimum atomic E-state index is -0.254. The molecule has 26 heavy (non-hydrogen) atoms. The van der Waals surface area contributed by atoms with E-state index in [1.54, 1.807) is 30.5 Å². The Bertz CT molecular complexity index is 823. The molecule has 136 valence electrons. The number of anilines is 1. The van der Waals surface area contributed by atoms with Gasteiger partial charge >= 0.3 is 5.97 Å². The van der Waals surface area contributed by atoms with Gasteiger partial charge in [0.2, 0.25) is 5.78 Å². The first-order chi connectivity index (χ1) is 12.4. The number of aromatic nitrogens is 1. The highest BCUT2D eigenvalue weighted by Gasteiger charge is 2.17. The monoisotopic (exact) mass is 480 g/mol. The number of ketones is 1. The number of hydrogen-bond acceptors (Lipinski definition) is 5. The molecule has 1 aromatic heterocycles. The SMILES string of the molecule is C=C(CCCC(=O)OC)Nc1cc(Br)c(Br)cc1C(=O)c1ccccn1. The van der Waals surface area contributed by atoms with Gasteiger partial charge in [-0.2, -0.15) is 0 Å². The maximum atomic E-state index is 12.8. The number of allylic oxidation sites excluding steroid dienone is 1. The van der Waals surface area contributed by atoms with Gasteiger partial charge < -0.3 is 10.1 Å². The molecular weight excluding hydrogens is 464 g/mol. The Hall–Kier alpha value is -1.99. The van der Waals surface area contributed by atoms with Crippen LogP contribution in [-0.4, -0.2) is 23.8 Å². The Morgan fingerprint density at radius 2 is 1.92 bits per heavy atom. The highest BCUT2D eigenvalue weighted by molar-refractivity contribution is 9.13. The summed E-state index contributed by atoms with van der Waals surface area (Å²) in [5.74, 6) is -0.445. The summed E-state index contributed by atoms with van der Waals surface area (Å²) in [6.45, 7) is 3.98. The molecule has 5 nitrogen and oxygen atoms in total. The van der Waals surface area contributed by atoms with Gasteiger partial charge in [-0.25, -0.2) is 0 Å². The lowest BCUT2D eigenvalue weighted by Gasteiger charge is -2.15. The van der Waals surface area contributed by atoms with E-state index in [9.17, 15) is 9.59 Å². The van der Waals surface area contributed by atoms with Gasteiger partial charge in [-0.05, 0) is 69.0 Å². The van der Waals surface area contributed by atoms with E-state index in [1.807, 2.05) is 6.07 Å². The number of nitrogens with one attached hydrogen (secondary N) is 1. The van der Waals surface area contributed by atoms with E-state index in [4.69, 9.17) is 0 Å². The van der Waals surface area contributed by atoms with E-state index in [2.05, 4.69) is 53.5 Å². The largest absolute Gasteiger partial charge is 0.469 e. The predicted octanol–water partition coefficient (Wildman–Crippen LogP) is 5.11. The Morgan fingerprint density at radius 1 is 1.19 bits per heavy atom. The van der Waals surface area contributed by atoms with Gasteiger partial charge in [0.05, 0.1) is 12.8 Å². The number of carbonyl (C=O) groups is 2. The third kappa shape index (κ3) is 5.51. The summed E-state index contributed by atoms with van der Waals surface area (Å²) in [5.41, 5.74) is 2.17. The summed E-state index contributed by atoms with van der Waals surface area (Å²) < 4.78 is 6.19. The summed E-state index contributed by atoms with van der Waals surface area (Å²) >= 11 is 6.88. The fourth-order valence-corrected chi connectivity index (χ4v) is 2.96. The summed E-state index contributed by atoms with van der Waals surface area (Å²) in [5, 5.41) is 3.17. The number of rotatable bonds is 8. The number of hydrogen-bond donors (Lipinski definition) is 1. The van der Waals surface area contributed by atoms with Gasteiger partial charge in [-0.15, -0.1) is 0 Å². The highest BCUT2D eigenvalue weighted by Crippen LogP contribution is 2.32. The van der Waals surface area contributed by atoms with Crippen molar-refractivity contribution in [2.24, 2.45) is 0 Å². The minimum Gasteiger partial charge on any atom is -0.469 e. The molecule has 0 radical (unpaired) electrons. The molecular formula is C19H18Br2N2O3. The topological polar surface area (TPSA) is 68.3 Å². The van der Waals surface area contributed by atoms with Crippen molar-refractivity contribution in [2.75, 3.05) is 12.4 Å².